The van der Waals surface area contributed by atoms with Crippen LogP contribution in [0.5, 0.6) is 0 Å². The van der Waals surface area contributed by atoms with Crippen LogP contribution in [0, 0.1) is 0 Å². The normalized spacial score (nSPS) is 12.0. The van der Waals surface area contributed by atoms with Crippen LogP contribution in [0.1, 0.15) is 5.56 Å². The van der Waals surface area contributed by atoms with Crippen molar-refractivity contribution in [3.8, 4) is 22.5 Å². The first-order valence-electron chi connectivity index (χ1n) is 7.22. The van der Waals surface area contributed by atoms with Gasteiger partial charge in [-0.15, -0.1) is 0 Å². The molecular weight excluding hydrogens is 271 g/mol. The summed E-state index contributed by atoms with van der Waals surface area (Å²) in [6, 6.07) is 16.7. The smallest absolute Gasteiger partial charge is 0.122 e. The molecule has 4 rings (SSSR count). The summed E-state index contributed by atoms with van der Waals surface area (Å²) in [7, 11) is 6.61. The molecule has 0 unspecified atom stereocenters. The molecule has 2 aromatic carbocycles. The number of hydrogen-bond acceptors (Lipinski definition) is 3. The number of nitrogens with zero attached hydrogens (tertiary/aromatic N) is 3. The summed E-state index contributed by atoms with van der Waals surface area (Å²) in [5.74, 6) is 0. The van der Waals surface area contributed by atoms with E-state index >= 15 is 0 Å². The minimum atomic E-state index is 0.861. The van der Waals surface area contributed by atoms with E-state index in [0.717, 1.165) is 29.1 Å². The van der Waals surface area contributed by atoms with Crippen molar-refractivity contribution in [2.45, 2.75) is 13.4 Å². The van der Waals surface area contributed by atoms with Crippen molar-refractivity contribution >= 4 is 13.5 Å². The summed E-state index contributed by atoms with van der Waals surface area (Å²) in [6.45, 7) is 2.36. The van der Waals surface area contributed by atoms with Gasteiger partial charge in [-0.3, -0.25) is 0 Å². The molecule has 0 atom stereocenters. The molecule has 2 radical (unpaired) electrons. The lowest BCUT2D eigenvalue weighted by atomic mass is 9.96. The van der Waals surface area contributed by atoms with Crippen molar-refractivity contribution in [3.63, 3.8) is 0 Å². The van der Waals surface area contributed by atoms with Gasteiger partial charge in [-0.05, 0) is 11.6 Å². The van der Waals surface area contributed by atoms with E-state index in [1.807, 2.05) is 12.1 Å². The first-order chi connectivity index (χ1) is 10.8. The molecule has 0 saturated heterocycles. The lowest BCUT2D eigenvalue weighted by Gasteiger charge is -2.25. The van der Waals surface area contributed by atoms with Crippen molar-refractivity contribution in [3.05, 3.63) is 54.1 Å². The molecule has 1 N–H and O–H groups in total. The number of anilines is 1. The predicted octanol–water partition coefficient (Wildman–Crippen LogP) is 3.29. The Morgan fingerprint density at radius 2 is 1.50 bits per heavy atom. The molecule has 1 aliphatic heterocycles. The van der Waals surface area contributed by atoms with Crippen molar-refractivity contribution in [2.24, 2.45) is 0 Å². The molecule has 3 aromatic rings. The van der Waals surface area contributed by atoms with Crippen LogP contribution in [-0.2, 0) is 6.54 Å². The van der Waals surface area contributed by atoms with E-state index in [-0.39, 0.29) is 0 Å². The molecular formula is C17H17BN4. The molecule has 4 nitrogen and oxygen atoms in total. The molecule has 0 fully saturated rings. The van der Waals surface area contributed by atoms with Gasteiger partial charge in [0.05, 0.1) is 7.85 Å². The van der Waals surface area contributed by atoms with Gasteiger partial charge in [0.15, 0.2) is 0 Å². The maximum absolute atomic E-state index is 4.50. The van der Waals surface area contributed by atoms with Gasteiger partial charge < -0.3 is 4.90 Å². The third kappa shape index (κ3) is 2.28. The first kappa shape index (κ1) is 14.4. The minimum absolute atomic E-state index is 0.861. The third-order valence-electron chi connectivity index (χ3n) is 3.80. The van der Waals surface area contributed by atoms with Crippen LogP contribution < -0.4 is 4.90 Å². The van der Waals surface area contributed by atoms with Gasteiger partial charge in [-0.25, -0.2) is 0 Å². The van der Waals surface area contributed by atoms with Gasteiger partial charge in [0.25, 0.3) is 0 Å². The number of hydrogen-bond donors (Lipinski definition) is 1. The van der Waals surface area contributed by atoms with Crippen LogP contribution >= 0.6 is 0 Å². The maximum Gasteiger partial charge on any atom is 0.122 e. The van der Waals surface area contributed by atoms with Gasteiger partial charge in [0.2, 0.25) is 0 Å². The monoisotopic (exact) mass is 288 g/mol. The van der Waals surface area contributed by atoms with E-state index in [1.165, 1.54) is 18.1 Å². The van der Waals surface area contributed by atoms with Gasteiger partial charge in [0.1, 0.15) is 11.4 Å². The van der Waals surface area contributed by atoms with Crippen molar-refractivity contribution in [1.29, 1.82) is 0 Å². The van der Waals surface area contributed by atoms with Gasteiger partial charge in [-0.1, -0.05) is 49.3 Å². The fourth-order valence-corrected chi connectivity index (χ4v) is 2.84. The van der Waals surface area contributed by atoms with E-state index in [9.17, 15) is 0 Å². The van der Waals surface area contributed by atoms with Crippen LogP contribution in [0.4, 0.5) is 5.69 Å². The molecule has 5 heteroatoms. The van der Waals surface area contributed by atoms with E-state index in [1.54, 1.807) is 0 Å². The molecule has 0 spiro atoms. The molecule has 1 aromatic heterocycles. The second kappa shape index (κ2) is 6.06. The average molecular weight is 288 g/mol. The maximum atomic E-state index is 4.50. The van der Waals surface area contributed by atoms with Crippen molar-refractivity contribution < 1.29 is 0 Å². The van der Waals surface area contributed by atoms with Crippen LogP contribution in [0.25, 0.3) is 22.5 Å². The molecule has 0 saturated carbocycles. The number of fused-ring (bicyclic) bond motifs is 5. The van der Waals surface area contributed by atoms with Crippen LogP contribution in [0.2, 0.25) is 6.82 Å². The van der Waals surface area contributed by atoms with E-state index in [0.29, 0.717) is 0 Å². The van der Waals surface area contributed by atoms with E-state index in [4.69, 9.17) is 0 Å². The highest BCUT2D eigenvalue weighted by molar-refractivity contribution is 6.05. The zero-order valence-corrected chi connectivity index (χ0v) is 12.7. The number of nitrogens with one attached hydrogen (secondary N) is 1. The standard InChI is InChI=1S/C16H14N4.CH3B/c1-20-10-11-6-2-3-7-12(11)15-16(18-19-17-15)13-8-4-5-9-14(13)20;1-2/h2-9H,10H2,1H3,(H,17,18,19);1H3. The largest absolute Gasteiger partial charge is 0.370 e. The molecule has 108 valence electrons. The SMILES string of the molecule is CN1Cc2ccccc2-c2n[nH]nc2-c2ccccc21.[B]C. The van der Waals surface area contributed by atoms with E-state index in [2.05, 4.69) is 71.6 Å². The topological polar surface area (TPSA) is 44.8 Å². The van der Waals surface area contributed by atoms with Gasteiger partial charge in [0, 0.05) is 30.4 Å². The Morgan fingerprint density at radius 3 is 2.27 bits per heavy atom. The van der Waals surface area contributed by atoms with Crippen LogP contribution in [0.15, 0.2) is 48.5 Å². The number of H-pyrrole nitrogens is 1. The Hall–Kier alpha value is -2.56. The van der Waals surface area contributed by atoms with Crippen LogP contribution in [-0.4, -0.2) is 30.3 Å². The molecule has 22 heavy (non-hydrogen) atoms. The Balaban J connectivity index is 0.000000693. The van der Waals surface area contributed by atoms with Gasteiger partial charge >= 0.3 is 0 Å². The molecule has 0 amide bonds. The lowest BCUT2D eigenvalue weighted by molar-refractivity contribution is 0.922. The quantitative estimate of drug-likeness (QED) is 0.646. The summed E-state index contributed by atoms with van der Waals surface area (Å²) >= 11 is 0. The number of para-hydroxylation sites is 1. The summed E-state index contributed by atoms with van der Waals surface area (Å²) in [5, 5.41) is 11.5. The molecule has 0 aliphatic carbocycles. The second-order valence-corrected chi connectivity index (χ2v) is 5.05. The Labute approximate surface area is 131 Å². The number of aromatic nitrogens is 3. The summed E-state index contributed by atoms with van der Waals surface area (Å²) in [4.78, 5) is 2.26. The predicted molar refractivity (Wildman–Crippen MR) is 91.0 cm³/mol. The van der Waals surface area contributed by atoms with Gasteiger partial charge in [-0.2, -0.15) is 15.4 Å². The zero-order valence-electron chi connectivity index (χ0n) is 12.7. The number of aromatic amines is 1. The van der Waals surface area contributed by atoms with E-state index < -0.39 is 0 Å². The number of benzene rings is 2. The average Bonchev–Trinajstić information content (AvgIpc) is 3.05. The highest BCUT2D eigenvalue weighted by Crippen LogP contribution is 2.38. The highest BCUT2D eigenvalue weighted by atomic mass is 15.3. The van der Waals surface area contributed by atoms with Crippen molar-refractivity contribution in [2.75, 3.05) is 11.9 Å². The molecule has 2 heterocycles. The second-order valence-electron chi connectivity index (χ2n) is 5.05. The summed E-state index contributed by atoms with van der Waals surface area (Å²) in [6.07, 6.45) is 0. The molecule has 1 aliphatic rings. The van der Waals surface area contributed by atoms with Crippen LogP contribution in [0.3, 0.4) is 0 Å². The fourth-order valence-electron chi connectivity index (χ4n) is 2.84. The Morgan fingerprint density at radius 1 is 0.909 bits per heavy atom. The number of rotatable bonds is 0. The molecule has 0 bridgehead atoms. The van der Waals surface area contributed by atoms with Crippen molar-refractivity contribution in [1.82, 2.24) is 15.4 Å². The minimum Gasteiger partial charge on any atom is -0.370 e. The Kier molecular flexibility index (Phi) is 3.96. The fraction of sp³-hybridized carbons (Fsp3) is 0.176. The zero-order chi connectivity index (χ0) is 15.5. The first-order valence-corrected chi connectivity index (χ1v) is 7.22. The Bertz CT molecular complexity index is 782. The summed E-state index contributed by atoms with van der Waals surface area (Å²) < 4.78 is 0. The third-order valence-corrected chi connectivity index (χ3v) is 3.80. The lowest BCUT2D eigenvalue weighted by Crippen LogP contribution is -2.19. The summed E-state index contributed by atoms with van der Waals surface area (Å²) in [5.41, 5.74) is 6.56. The highest BCUT2D eigenvalue weighted by Gasteiger charge is 2.22.